The lowest BCUT2D eigenvalue weighted by Gasteiger charge is -2.58. The maximum Gasteiger partial charge on any atom is 0.254 e. The summed E-state index contributed by atoms with van der Waals surface area (Å²) in [6.45, 7) is 2.49. The van der Waals surface area contributed by atoms with Gasteiger partial charge >= 0.3 is 0 Å². The van der Waals surface area contributed by atoms with Crippen molar-refractivity contribution in [2.75, 3.05) is 19.7 Å². The molecule has 0 radical (unpaired) electrons. The molecule has 2 aliphatic heterocycles. The van der Waals surface area contributed by atoms with Gasteiger partial charge in [-0.25, -0.2) is 0 Å². The average Bonchev–Trinajstić information content (AvgIpc) is 2.76. The van der Waals surface area contributed by atoms with Gasteiger partial charge in [-0.05, 0) is 36.2 Å². The second kappa shape index (κ2) is 8.68. The van der Waals surface area contributed by atoms with Crippen LogP contribution in [0.1, 0.15) is 47.2 Å². The van der Waals surface area contributed by atoms with Crippen LogP contribution in [0.15, 0.2) is 48.8 Å². The molecule has 3 atom stereocenters. The molecule has 3 heterocycles. The molecule has 4 rings (SSSR count). The van der Waals surface area contributed by atoms with E-state index in [1.165, 1.54) is 0 Å². The number of aliphatic hydroxyl groups is 1. The number of nitrogens with zero attached hydrogens (tertiary/aromatic N) is 3. The van der Waals surface area contributed by atoms with Crippen molar-refractivity contribution in [3.63, 3.8) is 0 Å². The molecule has 1 N–H and O–H groups in total. The second-order valence-corrected chi connectivity index (χ2v) is 7.74. The molecule has 0 bridgehead atoms. The number of hydrogen-bond acceptors (Lipinski definition) is 4. The number of carbonyl (C=O) groups excluding carboxylic acids is 2. The fourth-order valence-electron chi connectivity index (χ4n) is 4.41. The van der Waals surface area contributed by atoms with Gasteiger partial charge < -0.3 is 14.9 Å². The van der Waals surface area contributed by atoms with Gasteiger partial charge in [0.15, 0.2) is 0 Å². The summed E-state index contributed by atoms with van der Waals surface area (Å²) < 4.78 is 0. The number of unbranched alkanes of at least 4 members (excludes halogenated alkanes) is 1. The maximum absolute atomic E-state index is 12.8. The van der Waals surface area contributed by atoms with E-state index in [2.05, 4.69) is 23.7 Å². The zero-order chi connectivity index (χ0) is 21.1. The Morgan fingerprint density at radius 2 is 1.93 bits per heavy atom. The van der Waals surface area contributed by atoms with Gasteiger partial charge in [-0.2, -0.15) is 0 Å². The highest BCUT2D eigenvalue weighted by molar-refractivity contribution is 5.97. The van der Waals surface area contributed by atoms with Crippen molar-refractivity contribution >= 4 is 11.8 Å². The number of pyridine rings is 1. The first-order chi connectivity index (χ1) is 14.6. The first-order valence-electron chi connectivity index (χ1n) is 10.3. The molecule has 2 amide bonds. The van der Waals surface area contributed by atoms with Gasteiger partial charge in [0.25, 0.3) is 5.91 Å². The van der Waals surface area contributed by atoms with Crippen LogP contribution in [0, 0.1) is 11.8 Å². The van der Waals surface area contributed by atoms with Crippen molar-refractivity contribution in [3.8, 4) is 11.8 Å². The summed E-state index contributed by atoms with van der Waals surface area (Å²) >= 11 is 0. The third-order valence-electron chi connectivity index (χ3n) is 5.87. The summed E-state index contributed by atoms with van der Waals surface area (Å²) in [6, 6.07) is 10.9. The molecule has 154 valence electrons. The number of carbonyl (C=O) groups is 2. The van der Waals surface area contributed by atoms with E-state index in [1.807, 2.05) is 24.3 Å². The monoisotopic (exact) mass is 403 g/mol. The van der Waals surface area contributed by atoms with Crippen LogP contribution >= 0.6 is 0 Å². The van der Waals surface area contributed by atoms with Gasteiger partial charge in [0.2, 0.25) is 5.91 Å². The van der Waals surface area contributed by atoms with E-state index in [1.54, 1.807) is 34.3 Å². The summed E-state index contributed by atoms with van der Waals surface area (Å²) in [7, 11) is 0. The lowest BCUT2D eigenvalue weighted by atomic mass is 9.73. The average molecular weight is 403 g/mol. The van der Waals surface area contributed by atoms with Gasteiger partial charge in [0.05, 0.1) is 18.7 Å². The molecule has 2 aromatic rings. The Balaban J connectivity index is 1.54. The Hall–Kier alpha value is -3.17. The minimum Gasteiger partial charge on any atom is -0.394 e. The Morgan fingerprint density at radius 3 is 2.60 bits per heavy atom. The second-order valence-electron chi connectivity index (χ2n) is 7.74. The third-order valence-corrected chi connectivity index (χ3v) is 5.87. The van der Waals surface area contributed by atoms with Crippen molar-refractivity contribution < 1.29 is 14.7 Å². The highest BCUT2D eigenvalue weighted by Crippen LogP contribution is 2.43. The Bertz CT molecular complexity index is 978. The van der Waals surface area contributed by atoms with Crippen LogP contribution in [0.4, 0.5) is 0 Å². The number of aromatic nitrogens is 1. The molecule has 30 heavy (non-hydrogen) atoms. The highest BCUT2D eigenvalue weighted by Gasteiger charge is 2.54. The molecule has 0 unspecified atom stereocenters. The van der Waals surface area contributed by atoms with E-state index in [0.717, 1.165) is 24.0 Å². The quantitative estimate of drug-likeness (QED) is 0.793. The Morgan fingerprint density at radius 1 is 1.20 bits per heavy atom. The molecule has 2 aliphatic rings. The summed E-state index contributed by atoms with van der Waals surface area (Å²) in [5, 5.41) is 9.92. The lowest BCUT2D eigenvalue weighted by molar-refractivity contribution is -0.159. The van der Waals surface area contributed by atoms with Crippen molar-refractivity contribution in [1.29, 1.82) is 0 Å². The molecular formula is C24H25N3O3. The van der Waals surface area contributed by atoms with Crippen molar-refractivity contribution in [1.82, 2.24) is 14.8 Å². The van der Waals surface area contributed by atoms with Crippen molar-refractivity contribution in [3.05, 3.63) is 65.5 Å². The zero-order valence-corrected chi connectivity index (χ0v) is 17.0. The first kappa shape index (κ1) is 20.1. The molecule has 6 heteroatoms. The number of fused-ring (bicyclic) bond motifs is 1. The van der Waals surface area contributed by atoms with E-state index in [0.29, 0.717) is 12.1 Å². The van der Waals surface area contributed by atoms with Crippen LogP contribution in [0.2, 0.25) is 0 Å². The molecule has 0 aliphatic carbocycles. The Labute approximate surface area is 176 Å². The van der Waals surface area contributed by atoms with Crippen LogP contribution in [0.25, 0.3) is 0 Å². The predicted octanol–water partition coefficient (Wildman–Crippen LogP) is 2.04. The van der Waals surface area contributed by atoms with E-state index < -0.39 is 0 Å². The number of benzene rings is 1. The largest absolute Gasteiger partial charge is 0.394 e. The van der Waals surface area contributed by atoms with Crippen molar-refractivity contribution in [2.24, 2.45) is 0 Å². The van der Waals surface area contributed by atoms with Gasteiger partial charge in [0, 0.05) is 42.4 Å². The number of amides is 2. The summed E-state index contributed by atoms with van der Waals surface area (Å²) in [5.41, 5.74) is 2.54. The standard InChI is InChI=1S/C24H25N3O3/c1-2-3-4-5-17-6-8-18(9-7-17)23-20-14-26(15-22(29)27(20)21(23)16-28)24(30)19-10-12-25-13-11-19/h6-13,20-21,23,28H,2-3,14-16H2,1H3/t20-,21+,23+/m1/s1. The molecule has 2 fully saturated rings. The van der Waals surface area contributed by atoms with Crippen LogP contribution in [0.3, 0.4) is 0 Å². The SMILES string of the molecule is CCCC#Cc1ccc([C@H]2[C@H]3CN(C(=O)c4ccncc4)CC(=O)N3[C@H]2CO)cc1. The van der Waals surface area contributed by atoms with Crippen LogP contribution in [-0.2, 0) is 4.79 Å². The molecular weight excluding hydrogens is 378 g/mol. The number of hydrogen-bond donors (Lipinski definition) is 1. The predicted molar refractivity (Wildman–Crippen MR) is 113 cm³/mol. The highest BCUT2D eigenvalue weighted by atomic mass is 16.3. The minimum absolute atomic E-state index is 0.00959. The molecule has 2 saturated heterocycles. The minimum atomic E-state index is -0.252. The van der Waals surface area contributed by atoms with Crippen LogP contribution < -0.4 is 0 Å². The fraction of sp³-hybridized carbons (Fsp3) is 0.375. The Kier molecular flexibility index (Phi) is 5.82. The number of piperazine rings is 1. The maximum atomic E-state index is 12.8. The molecule has 1 aromatic carbocycles. The smallest absolute Gasteiger partial charge is 0.254 e. The summed E-state index contributed by atoms with van der Waals surface area (Å²) in [4.78, 5) is 32.9. The molecule has 6 nitrogen and oxygen atoms in total. The fourth-order valence-corrected chi connectivity index (χ4v) is 4.41. The van der Waals surface area contributed by atoms with E-state index in [-0.39, 0.29) is 43.0 Å². The third kappa shape index (κ3) is 3.69. The van der Waals surface area contributed by atoms with Gasteiger partial charge in [-0.1, -0.05) is 30.9 Å². The molecule has 1 aromatic heterocycles. The zero-order valence-electron chi connectivity index (χ0n) is 17.0. The summed E-state index contributed by atoms with van der Waals surface area (Å²) in [6.07, 6.45) is 5.05. The van der Waals surface area contributed by atoms with Gasteiger partial charge in [0.1, 0.15) is 6.54 Å². The lowest BCUT2D eigenvalue weighted by Crippen LogP contribution is -2.73. The first-order valence-corrected chi connectivity index (χ1v) is 10.3. The molecule has 0 saturated carbocycles. The van der Waals surface area contributed by atoms with E-state index >= 15 is 0 Å². The number of aliphatic hydroxyl groups excluding tert-OH is 1. The topological polar surface area (TPSA) is 73.7 Å². The van der Waals surface area contributed by atoms with Crippen LogP contribution in [0.5, 0.6) is 0 Å². The van der Waals surface area contributed by atoms with Gasteiger partial charge in [-0.3, -0.25) is 14.6 Å². The van der Waals surface area contributed by atoms with Gasteiger partial charge in [-0.15, -0.1) is 0 Å². The normalized spacial score (nSPS) is 22.6. The number of rotatable bonds is 4. The van der Waals surface area contributed by atoms with Crippen molar-refractivity contribution in [2.45, 2.75) is 37.8 Å². The molecule has 0 spiro atoms. The van der Waals surface area contributed by atoms with E-state index in [9.17, 15) is 14.7 Å². The summed E-state index contributed by atoms with van der Waals surface area (Å²) in [5.74, 6) is 6.00. The van der Waals surface area contributed by atoms with E-state index in [4.69, 9.17) is 0 Å². The van der Waals surface area contributed by atoms with Crippen LogP contribution in [-0.4, -0.2) is 63.5 Å².